The molecule has 1 amide bonds. The number of aliphatic hydroxyl groups is 1. The van der Waals surface area contributed by atoms with E-state index < -0.39 is 5.60 Å². The van der Waals surface area contributed by atoms with Crippen LogP contribution in [0, 0.1) is 0 Å². The Hall–Kier alpha value is -1.96. The maximum atomic E-state index is 13.0. The second-order valence-electron chi connectivity index (χ2n) is 9.29. The van der Waals surface area contributed by atoms with Gasteiger partial charge >= 0.3 is 0 Å². The summed E-state index contributed by atoms with van der Waals surface area (Å²) >= 11 is 0. The van der Waals surface area contributed by atoms with Gasteiger partial charge < -0.3 is 20.5 Å². The van der Waals surface area contributed by atoms with Gasteiger partial charge in [0, 0.05) is 37.2 Å². The minimum atomic E-state index is -0.612. The lowest BCUT2D eigenvalue weighted by atomic mass is 9.84. The third-order valence-electron chi connectivity index (χ3n) is 7.15. The highest BCUT2D eigenvalue weighted by Crippen LogP contribution is 2.34. The quantitative estimate of drug-likeness (QED) is 0.702. The topological polar surface area (TPSA) is 88.4 Å². The van der Waals surface area contributed by atoms with Crippen molar-refractivity contribution in [3.8, 4) is 0 Å². The Balaban J connectivity index is 1.21. The van der Waals surface area contributed by atoms with Crippen molar-refractivity contribution < 1.29 is 14.6 Å². The van der Waals surface area contributed by atoms with Gasteiger partial charge in [0.05, 0.1) is 17.2 Å². The van der Waals surface area contributed by atoms with Crippen LogP contribution in [0.15, 0.2) is 24.3 Å². The van der Waals surface area contributed by atoms with Crippen molar-refractivity contribution >= 4 is 16.8 Å². The molecule has 0 bridgehead atoms. The summed E-state index contributed by atoms with van der Waals surface area (Å²) in [7, 11) is 0. The van der Waals surface area contributed by atoms with Gasteiger partial charge in [-0.25, -0.2) is 0 Å². The largest absolute Gasteiger partial charge is 0.390 e. The molecule has 1 aromatic heterocycles. The van der Waals surface area contributed by atoms with Crippen LogP contribution in [0.5, 0.6) is 0 Å². The predicted octanol–water partition coefficient (Wildman–Crippen LogP) is 2.54. The highest BCUT2D eigenvalue weighted by atomic mass is 16.5. The summed E-state index contributed by atoms with van der Waals surface area (Å²) in [6, 6.07) is 8.84. The molecular formula is C23H32N4O3. The summed E-state index contributed by atoms with van der Waals surface area (Å²) in [5.74, 6) is -0.0856. The average Bonchev–Trinajstić information content (AvgIpc) is 3.08. The zero-order valence-corrected chi connectivity index (χ0v) is 17.5. The molecule has 1 aliphatic carbocycles. The molecule has 0 unspecified atom stereocenters. The van der Waals surface area contributed by atoms with Crippen LogP contribution >= 0.6 is 0 Å². The monoisotopic (exact) mass is 412 g/mol. The number of rotatable bonds is 5. The Labute approximate surface area is 177 Å². The van der Waals surface area contributed by atoms with Gasteiger partial charge in [-0.2, -0.15) is 5.10 Å². The van der Waals surface area contributed by atoms with E-state index in [2.05, 4.69) is 21.4 Å². The molecule has 3 aliphatic rings. The van der Waals surface area contributed by atoms with Crippen LogP contribution in [-0.4, -0.2) is 58.2 Å². The number of aromatic nitrogens is 2. The van der Waals surface area contributed by atoms with Gasteiger partial charge in [-0.1, -0.05) is 18.2 Å². The van der Waals surface area contributed by atoms with Crippen molar-refractivity contribution in [2.75, 3.05) is 19.8 Å². The molecule has 7 heteroatoms. The molecule has 162 valence electrons. The second kappa shape index (κ2) is 8.29. The van der Waals surface area contributed by atoms with E-state index in [9.17, 15) is 9.90 Å². The Morgan fingerprint density at radius 1 is 1.23 bits per heavy atom. The fourth-order valence-electron chi connectivity index (χ4n) is 5.05. The van der Waals surface area contributed by atoms with Gasteiger partial charge in [-0.05, 0) is 57.4 Å². The molecule has 7 nitrogen and oxygen atoms in total. The van der Waals surface area contributed by atoms with E-state index >= 15 is 0 Å². The maximum absolute atomic E-state index is 13.0. The molecule has 2 atom stereocenters. The summed E-state index contributed by atoms with van der Waals surface area (Å²) < 4.78 is 7.43. The molecule has 3 heterocycles. The summed E-state index contributed by atoms with van der Waals surface area (Å²) in [5, 5.41) is 23.1. The zero-order valence-electron chi connectivity index (χ0n) is 17.5. The molecule has 3 N–H and O–H groups in total. The van der Waals surface area contributed by atoms with Crippen molar-refractivity contribution in [1.82, 2.24) is 20.4 Å². The second-order valence-corrected chi connectivity index (χ2v) is 9.29. The molecule has 30 heavy (non-hydrogen) atoms. The molecule has 5 rings (SSSR count). The SMILES string of the molecule is O=C(N[C@@H]1CC[C@H](CC2(O)CCOCC2)NC1)c1nn(C2CCC2)c2ccccc12. The van der Waals surface area contributed by atoms with Crippen LogP contribution in [0.4, 0.5) is 0 Å². The van der Waals surface area contributed by atoms with E-state index in [1.54, 1.807) is 0 Å². The van der Waals surface area contributed by atoms with E-state index in [0.29, 0.717) is 43.8 Å². The smallest absolute Gasteiger partial charge is 0.272 e. The summed E-state index contributed by atoms with van der Waals surface area (Å²) in [4.78, 5) is 13.0. The average molecular weight is 413 g/mol. The van der Waals surface area contributed by atoms with Crippen LogP contribution < -0.4 is 10.6 Å². The number of nitrogens with one attached hydrogen (secondary N) is 2. The first kappa shape index (κ1) is 20.0. The van der Waals surface area contributed by atoms with Crippen molar-refractivity contribution in [2.24, 2.45) is 0 Å². The first-order valence-electron chi connectivity index (χ1n) is 11.4. The van der Waals surface area contributed by atoms with Gasteiger partial charge in [0.2, 0.25) is 0 Å². The molecule has 1 aromatic carbocycles. The number of ether oxygens (including phenoxy) is 1. The minimum Gasteiger partial charge on any atom is -0.390 e. The molecule has 3 fully saturated rings. The van der Waals surface area contributed by atoms with E-state index in [1.807, 2.05) is 18.2 Å². The van der Waals surface area contributed by atoms with Crippen LogP contribution in [0.25, 0.3) is 10.9 Å². The van der Waals surface area contributed by atoms with E-state index in [0.717, 1.165) is 49.6 Å². The molecule has 0 spiro atoms. The van der Waals surface area contributed by atoms with Crippen molar-refractivity contribution in [1.29, 1.82) is 0 Å². The Morgan fingerprint density at radius 2 is 2.03 bits per heavy atom. The maximum Gasteiger partial charge on any atom is 0.272 e. The molecular weight excluding hydrogens is 380 g/mol. The first-order valence-corrected chi connectivity index (χ1v) is 11.4. The fourth-order valence-corrected chi connectivity index (χ4v) is 5.05. The van der Waals surface area contributed by atoms with Gasteiger partial charge in [-0.15, -0.1) is 0 Å². The third kappa shape index (κ3) is 3.98. The summed E-state index contributed by atoms with van der Waals surface area (Å²) in [5.41, 5.74) is 0.981. The highest BCUT2D eigenvalue weighted by Gasteiger charge is 2.34. The normalized spacial score (nSPS) is 27.0. The highest BCUT2D eigenvalue weighted by molar-refractivity contribution is 6.05. The van der Waals surface area contributed by atoms with E-state index in [1.165, 1.54) is 6.42 Å². The molecule has 1 saturated carbocycles. The number of hydrogen-bond donors (Lipinski definition) is 3. The lowest BCUT2D eigenvalue weighted by molar-refractivity contribution is -0.0742. The third-order valence-corrected chi connectivity index (χ3v) is 7.15. The van der Waals surface area contributed by atoms with Crippen LogP contribution in [0.1, 0.15) is 67.9 Å². The standard InChI is InChI=1S/C23H32N4O3/c28-22(21-19-6-1-2-7-20(19)27(26-21)18-4-3-5-18)25-17-9-8-16(24-15-17)14-23(29)10-12-30-13-11-23/h1-2,6-7,16-18,24,29H,3-5,8-15H2,(H,25,28)/t16-,17-/m1/s1. The number of carbonyl (C=O) groups excluding carboxylic acids is 1. The van der Waals surface area contributed by atoms with Crippen molar-refractivity contribution in [3.63, 3.8) is 0 Å². The number of hydrogen-bond acceptors (Lipinski definition) is 5. The first-order chi connectivity index (χ1) is 14.6. The molecule has 0 radical (unpaired) electrons. The number of amides is 1. The molecule has 2 aromatic rings. The van der Waals surface area contributed by atoms with E-state index in [4.69, 9.17) is 9.84 Å². The summed E-state index contributed by atoms with van der Waals surface area (Å²) in [6.07, 6.45) is 7.55. The van der Waals surface area contributed by atoms with Crippen LogP contribution in [0.2, 0.25) is 0 Å². The van der Waals surface area contributed by atoms with Gasteiger partial charge in [0.1, 0.15) is 0 Å². The lowest BCUT2D eigenvalue weighted by Gasteiger charge is -2.38. The van der Waals surface area contributed by atoms with Crippen molar-refractivity contribution in [2.45, 2.75) is 75.1 Å². The Kier molecular flexibility index (Phi) is 5.52. The predicted molar refractivity (Wildman–Crippen MR) is 115 cm³/mol. The Bertz CT molecular complexity index is 893. The number of benzene rings is 1. The molecule has 2 aliphatic heterocycles. The van der Waals surface area contributed by atoms with Crippen LogP contribution in [0.3, 0.4) is 0 Å². The lowest BCUT2D eigenvalue weighted by Crippen LogP contribution is -2.52. The minimum absolute atomic E-state index is 0.0856. The summed E-state index contributed by atoms with van der Waals surface area (Å²) in [6.45, 7) is 2.01. The number of nitrogens with zero attached hydrogens (tertiary/aromatic N) is 2. The van der Waals surface area contributed by atoms with E-state index in [-0.39, 0.29) is 11.9 Å². The number of piperidine rings is 1. The fraction of sp³-hybridized carbons (Fsp3) is 0.652. The number of carbonyl (C=O) groups is 1. The van der Waals surface area contributed by atoms with Crippen LogP contribution in [-0.2, 0) is 4.74 Å². The van der Waals surface area contributed by atoms with Gasteiger partial charge in [0.15, 0.2) is 5.69 Å². The zero-order chi connectivity index (χ0) is 20.6. The molecule has 2 saturated heterocycles. The van der Waals surface area contributed by atoms with Gasteiger partial charge in [-0.3, -0.25) is 9.48 Å². The van der Waals surface area contributed by atoms with Gasteiger partial charge in [0.25, 0.3) is 5.91 Å². The number of fused-ring (bicyclic) bond motifs is 1. The Morgan fingerprint density at radius 3 is 2.73 bits per heavy atom. The van der Waals surface area contributed by atoms with Crippen molar-refractivity contribution in [3.05, 3.63) is 30.0 Å². The number of para-hydroxylation sites is 1.